The van der Waals surface area contributed by atoms with Crippen LogP contribution < -0.4 is 11.5 Å². The van der Waals surface area contributed by atoms with Gasteiger partial charge < -0.3 is 11.5 Å². The summed E-state index contributed by atoms with van der Waals surface area (Å²) in [7, 11) is 0. The van der Waals surface area contributed by atoms with E-state index in [4.69, 9.17) is 34.7 Å². The fraction of sp³-hybridized carbons (Fsp3) is 0.500. The number of carbonyl (C=O) groups excluding carboxylic acids is 1. The lowest BCUT2D eigenvalue weighted by molar-refractivity contribution is -0.115. The van der Waals surface area contributed by atoms with Crippen molar-refractivity contribution < 1.29 is 4.79 Å². The van der Waals surface area contributed by atoms with Crippen LogP contribution in [0.4, 0.5) is 0 Å². The zero-order valence-electron chi connectivity index (χ0n) is 11.8. The summed E-state index contributed by atoms with van der Waals surface area (Å²) in [5.74, 6) is -0.143. The highest BCUT2D eigenvalue weighted by Crippen LogP contribution is 2.40. The van der Waals surface area contributed by atoms with Gasteiger partial charge in [-0.1, -0.05) is 50.0 Å². The molecule has 0 saturated heterocycles. The second-order valence-electron chi connectivity index (χ2n) is 5.76. The summed E-state index contributed by atoms with van der Waals surface area (Å²) in [5, 5.41) is 0.908. The van der Waals surface area contributed by atoms with Crippen LogP contribution in [0.1, 0.15) is 31.6 Å². The molecule has 0 fully saturated rings. The number of amides is 1. The number of rotatable bonds is 5. The molecule has 1 amide bonds. The van der Waals surface area contributed by atoms with Crippen molar-refractivity contribution in [3.05, 3.63) is 33.8 Å². The van der Waals surface area contributed by atoms with E-state index >= 15 is 0 Å². The second kappa shape index (κ2) is 7.03. The molecule has 3 nitrogen and oxygen atoms in total. The second-order valence-corrected chi connectivity index (χ2v) is 7.71. The van der Waals surface area contributed by atoms with Gasteiger partial charge in [0.25, 0.3) is 0 Å². The first-order chi connectivity index (χ1) is 9.12. The van der Waals surface area contributed by atoms with E-state index in [-0.39, 0.29) is 28.4 Å². The Labute approximate surface area is 134 Å². The smallest absolute Gasteiger partial charge is 0.227 e. The van der Waals surface area contributed by atoms with Gasteiger partial charge in [0.1, 0.15) is 0 Å². The van der Waals surface area contributed by atoms with Crippen LogP contribution in [0.15, 0.2) is 18.2 Å². The lowest BCUT2D eigenvalue weighted by Gasteiger charge is -2.34. The SMILES string of the molecule is CC(C)(C)C(N)C(SCC(N)=O)c1ccc(Cl)c(Cl)c1. The van der Waals surface area contributed by atoms with Gasteiger partial charge in [-0.05, 0) is 23.1 Å². The molecule has 1 aromatic carbocycles. The first-order valence-electron chi connectivity index (χ1n) is 6.23. The van der Waals surface area contributed by atoms with Crippen molar-refractivity contribution in [1.82, 2.24) is 0 Å². The van der Waals surface area contributed by atoms with Gasteiger partial charge in [0, 0.05) is 11.3 Å². The molecule has 0 aliphatic heterocycles. The van der Waals surface area contributed by atoms with E-state index in [9.17, 15) is 4.79 Å². The summed E-state index contributed by atoms with van der Waals surface area (Å²) in [4.78, 5) is 11.0. The first kappa shape index (κ1) is 17.6. The Bertz CT molecular complexity index is 489. The van der Waals surface area contributed by atoms with E-state index in [2.05, 4.69) is 20.8 Å². The molecular formula is C14H20Cl2N2OS. The summed E-state index contributed by atoms with van der Waals surface area (Å²) in [5.41, 5.74) is 12.4. The first-order valence-corrected chi connectivity index (χ1v) is 8.04. The van der Waals surface area contributed by atoms with Crippen LogP contribution in [0.3, 0.4) is 0 Å². The number of primary amides is 1. The number of nitrogens with two attached hydrogens (primary N) is 2. The summed E-state index contributed by atoms with van der Waals surface area (Å²) in [6.45, 7) is 6.19. The molecule has 0 aliphatic rings. The molecule has 0 aromatic heterocycles. The quantitative estimate of drug-likeness (QED) is 0.863. The highest BCUT2D eigenvalue weighted by Gasteiger charge is 2.31. The monoisotopic (exact) mass is 334 g/mol. The van der Waals surface area contributed by atoms with Crippen molar-refractivity contribution in [2.24, 2.45) is 16.9 Å². The van der Waals surface area contributed by atoms with E-state index in [1.807, 2.05) is 6.07 Å². The fourth-order valence-electron chi connectivity index (χ4n) is 1.72. The van der Waals surface area contributed by atoms with E-state index in [0.717, 1.165) is 5.56 Å². The van der Waals surface area contributed by atoms with E-state index < -0.39 is 0 Å². The molecule has 20 heavy (non-hydrogen) atoms. The Morgan fingerprint density at radius 2 is 1.90 bits per heavy atom. The van der Waals surface area contributed by atoms with Crippen molar-refractivity contribution in [3.8, 4) is 0 Å². The maximum Gasteiger partial charge on any atom is 0.227 e. The lowest BCUT2D eigenvalue weighted by atomic mass is 9.83. The van der Waals surface area contributed by atoms with Gasteiger partial charge in [-0.25, -0.2) is 0 Å². The Balaban J connectivity index is 3.08. The summed E-state index contributed by atoms with van der Waals surface area (Å²) in [6, 6.07) is 5.28. The normalized spacial score (nSPS) is 14.9. The maximum absolute atomic E-state index is 11.0. The van der Waals surface area contributed by atoms with Crippen LogP contribution in [0, 0.1) is 5.41 Å². The Kier molecular flexibility index (Phi) is 6.20. The van der Waals surface area contributed by atoms with Crippen LogP contribution in [-0.4, -0.2) is 17.7 Å². The fourth-order valence-corrected chi connectivity index (χ4v) is 3.33. The Morgan fingerprint density at radius 3 is 2.35 bits per heavy atom. The highest BCUT2D eigenvalue weighted by atomic mass is 35.5. The van der Waals surface area contributed by atoms with Crippen molar-refractivity contribution in [2.45, 2.75) is 32.1 Å². The number of halogens is 2. The highest BCUT2D eigenvalue weighted by molar-refractivity contribution is 8.00. The average molecular weight is 335 g/mol. The van der Waals surface area contributed by atoms with Crippen molar-refractivity contribution in [3.63, 3.8) is 0 Å². The van der Waals surface area contributed by atoms with Crippen LogP contribution >= 0.6 is 35.0 Å². The van der Waals surface area contributed by atoms with Gasteiger partial charge in [-0.3, -0.25) is 4.79 Å². The van der Waals surface area contributed by atoms with Crippen LogP contribution in [0.25, 0.3) is 0 Å². The molecule has 2 unspecified atom stereocenters. The summed E-state index contributed by atoms with van der Waals surface area (Å²) in [6.07, 6.45) is 0. The summed E-state index contributed by atoms with van der Waals surface area (Å²) >= 11 is 13.4. The molecule has 4 N–H and O–H groups in total. The molecule has 0 spiro atoms. The number of hydrogen-bond donors (Lipinski definition) is 2. The minimum absolute atomic E-state index is 0.0720. The average Bonchev–Trinajstić information content (AvgIpc) is 2.32. The number of hydrogen-bond acceptors (Lipinski definition) is 3. The number of carbonyl (C=O) groups is 1. The van der Waals surface area contributed by atoms with Crippen LogP contribution in [0.2, 0.25) is 10.0 Å². The van der Waals surface area contributed by atoms with Gasteiger partial charge in [-0.15, -0.1) is 11.8 Å². The molecular weight excluding hydrogens is 315 g/mol. The minimum atomic E-state index is -0.360. The number of benzene rings is 1. The largest absolute Gasteiger partial charge is 0.369 e. The molecule has 0 saturated carbocycles. The predicted molar refractivity (Wildman–Crippen MR) is 88.3 cm³/mol. The molecule has 112 valence electrons. The van der Waals surface area contributed by atoms with E-state index in [1.54, 1.807) is 12.1 Å². The molecule has 6 heteroatoms. The topological polar surface area (TPSA) is 69.1 Å². The van der Waals surface area contributed by atoms with E-state index in [0.29, 0.717) is 10.0 Å². The Morgan fingerprint density at radius 1 is 1.30 bits per heavy atom. The molecule has 0 radical (unpaired) electrons. The number of thioether (sulfide) groups is 1. The molecule has 2 atom stereocenters. The Hall–Kier alpha value is -0.420. The zero-order chi connectivity index (χ0) is 15.5. The van der Waals surface area contributed by atoms with E-state index in [1.165, 1.54) is 11.8 Å². The van der Waals surface area contributed by atoms with Gasteiger partial charge in [0.2, 0.25) is 5.91 Å². The van der Waals surface area contributed by atoms with Crippen LogP contribution in [-0.2, 0) is 4.79 Å². The standard InChI is InChI=1S/C14H20Cl2N2OS/c1-14(2,3)13(18)12(20-7-11(17)19)8-4-5-9(15)10(16)6-8/h4-6,12-13H,7,18H2,1-3H3,(H2,17,19). The van der Waals surface area contributed by atoms with Crippen molar-refractivity contribution in [1.29, 1.82) is 0 Å². The molecule has 1 rings (SSSR count). The third-order valence-corrected chi connectivity index (χ3v) is 5.12. The van der Waals surface area contributed by atoms with Crippen molar-refractivity contribution in [2.75, 3.05) is 5.75 Å². The zero-order valence-corrected chi connectivity index (χ0v) is 14.1. The van der Waals surface area contributed by atoms with Gasteiger partial charge >= 0.3 is 0 Å². The van der Waals surface area contributed by atoms with Crippen LogP contribution in [0.5, 0.6) is 0 Å². The summed E-state index contributed by atoms with van der Waals surface area (Å²) < 4.78 is 0. The third-order valence-electron chi connectivity index (χ3n) is 3.00. The third kappa shape index (κ3) is 4.85. The van der Waals surface area contributed by atoms with Gasteiger partial charge in [-0.2, -0.15) is 0 Å². The molecule has 1 aromatic rings. The van der Waals surface area contributed by atoms with Gasteiger partial charge in [0.05, 0.1) is 15.8 Å². The van der Waals surface area contributed by atoms with Gasteiger partial charge in [0.15, 0.2) is 0 Å². The molecule has 0 bridgehead atoms. The minimum Gasteiger partial charge on any atom is -0.369 e. The van der Waals surface area contributed by atoms with Crippen molar-refractivity contribution >= 4 is 40.9 Å². The molecule has 0 heterocycles. The lowest BCUT2D eigenvalue weighted by Crippen LogP contribution is -2.39. The molecule has 0 aliphatic carbocycles. The predicted octanol–water partition coefficient (Wildman–Crippen LogP) is 3.63. The maximum atomic E-state index is 11.0.